The monoisotopic (exact) mass is 276 g/mol. The molecule has 0 atom stereocenters. The van der Waals surface area contributed by atoms with Gasteiger partial charge < -0.3 is 4.42 Å². The van der Waals surface area contributed by atoms with E-state index in [2.05, 4.69) is 20.2 Å². The van der Waals surface area contributed by atoms with Crippen molar-refractivity contribution in [3.63, 3.8) is 0 Å². The predicted octanol–water partition coefficient (Wildman–Crippen LogP) is 2.93. The Morgan fingerprint density at radius 2 is 1.88 bits per heavy atom. The third-order valence-corrected chi connectivity index (χ3v) is 3.14. The van der Waals surface area contributed by atoms with Gasteiger partial charge in [0, 0.05) is 0 Å². The second-order valence-corrected chi connectivity index (χ2v) is 4.54. The highest BCUT2D eigenvalue weighted by Gasteiger charge is 2.13. The SMILES string of the molecule is Cc1nc(Sc2nc(Cl)nnc2Cl)oc1C. The first-order chi connectivity index (χ1) is 7.56. The van der Waals surface area contributed by atoms with E-state index in [1.165, 1.54) is 0 Å². The molecule has 0 bridgehead atoms. The van der Waals surface area contributed by atoms with Gasteiger partial charge >= 0.3 is 0 Å². The minimum absolute atomic E-state index is 0.0342. The molecule has 2 aromatic rings. The fourth-order valence-corrected chi connectivity index (χ4v) is 2.05. The Morgan fingerprint density at radius 1 is 1.12 bits per heavy atom. The van der Waals surface area contributed by atoms with E-state index in [1.807, 2.05) is 13.8 Å². The summed E-state index contributed by atoms with van der Waals surface area (Å²) in [5.74, 6) is 0.756. The first-order valence-electron chi connectivity index (χ1n) is 4.24. The molecular weight excluding hydrogens is 271 g/mol. The van der Waals surface area contributed by atoms with Crippen molar-refractivity contribution < 1.29 is 4.42 Å². The minimum Gasteiger partial charge on any atom is -0.436 e. The largest absolute Gasteiger partial charge is 0.436 e. The first-order valence-corrected chi connectivity index (χ1v) is 5.81. The first kappa shape index (κ1) is 11.6. The molecule has 0 N–H and O–H groups in total. The maximum Gasteiger partial charge on any atom is 0.262 e. The Labute approximate surface area is 106 Å². The fraction of sp³-hybridized carbons (Fsp3) is 0.250. The van der Waals surface area contributed by atoms with Gasteiger partial charge in [-0.05, 0) is 37.2 Å². The molecule has 0 aromatic carbocycles. The van der Waals surface area contributed by atoms with Crippen molar-refractivity contribution in [2.45, 2.75) is 24.1 Å². The maximum absolute atomic E-state index is 5.81. The highest BCUT2D eigenvalue weighted by molar-refractivity contribution is 7.99. The second-order valence-electron chi connectivity index (χ2n) is 2.90. The van der Waals surface area contributed by atoms with Crippen molar-refractivity contribution in [3.8, 4) is 0 Å². The van der Waals surface area contributed by atoms with E-state index in [9.17, 15) is 0 Å². The van der Waals surface area contributed by atoms with Gasteiger partial charge in [0.15, 0.2) is 5.15 Å². The van der Waals surface area contributed by atoms with E-state index in [1.54, 1.807) is 0 Å². The van der Waals surface area contributed by atoms with E-state index in [0.717, 1.165) is 23.2 Å². The molecule has 0 aliphatic rings. The van der Waals surface area contributed by atoms with Crippen LogP contribution in [0.4, 0.5) is 0 Å². The minimum atomic E-state index is 0.0342. The lowest BCUT2D eigenvalue weighted by atomic mass is 10.4. The number of rotatable bonds is 2. The average Bonchev–Trinajstić information content (AvgIpc) is 2.52. The van der Waals surface area contributed by atoms with Crippen LogP contribution < -0.4 is 0 Å². The summed E-state index contributed by atoms with van der Waals surface area (Å²) in [6, 6.07) is 0. The van der Waals surface area contributed by atoms with Crippen molar-refractivity contribution in [2.24, 2.45) is 0 Å². The standard InChI is InChI=1S/C8H6Cl2N4OS/c1-3-4(2)15-8(11-3)16-6-5(9)13-14-7(10)12-6/h1-2H3. The molecule has 2 aromatic heterocycles. The zero-order valence-corrected chi connectivity index (χ0v) is 10.7. The van der Waals surface area contributed by atoms with Gasteiger partial charge in [0.2, 0.25) is 5.28 Å². The van der Waals surface area contributed by atoms with Gasteiger partial charge in [0.05, 0.1) is 5.69 Å². The Bertz CT molecular complexity index is 511. The summed E-state index contributed by atoms with van der Waals surface area (Å²) in [7, 11) is 0. The number of halogens is 2. The Kier molecular flexibility index (Phi) is 3.32. The van der Waals surface area contributed by atoms with Crippen molar-refractivity contribution in [1.29, 1.82) is 0 Å². The number of aromatic nitrogens is 4. The lowest BCUT2D eigenvalue weighted by molar-refractivity contribution is 0.431. The summed E-state index contributed by atoms with van der Waals surface area (Å²) in [5, 5.41) is 8.22. The normalized spacial score (nSPS) is 10.8. The van der Waals surface area contributed by atoms with Crippen LogP contribution in [0.1, 0.15) is 11.5 Å². The summed E-state index contributed by atoms with van der Waals surface area (Å²) < 4.78 is 5.38. The van der Waals surface area contributed by atoms with Crippen LogP contribution in [-0.4, -0.2) is 20.2 Å². The number of hydrogen-bond donors (Lipinski definition) is 0. The number of aryl methyl sites for hydroxylation is 2. The van der Waals surface area contributed by atoms with Gasteiger partial charge in [-0.1, -0.05) is 11.6 Å². The smallest absolute Gasteiger partial charge is 0.262 e. The third kappa shape index (κ3) is 2.45. The zero-order chi connectivity index (χ0) is 11.7. The van der Waals surface area contributed by atoms with Gasteiger partial charge in [0.25, 0.3) is 5.22 Å². The maximum atomic E-state index is 5.81. The Hall–Kier alpha value is -0.850. The molecule has 0 radical (unpaired) electrons. The highest BCUT2D eigenvalue weighted by atomic mass is 35.5. The lowest BCUT2D eigenvalue weighted by Crippen LogP contribution is -1.91. The molecule has 0 saturated heterocycles. The summed E-state index contributed by atoms with van der Waals surface area (Å²) in [6.07, 6.45) is 0. The van der Waals surface area contributed by atoms with Crippen molar-refractivity contribution in [2.75, 3.05) is 0 Å². The molecule has 2 heterocycles. The molecule has 8 heteroatoms. The van der Waals surface area contributed by atoms with Gasteiger partial charge in [-0.3, -0.25) is 0 Å². The molecule has 84 valence electrons. The quantitative estimate of drug-likeness (QED) is 0.840. The summed E-state index contributed by atoms with van der Waals surface area (Å²) >= 11 is 12.6. The molecule has 0 unspecified atom stereocenters. The van der Waals surface area contributed by atoms with Crippen LogP contribution in [0.5, 0.6) is 0 Å². The number of oxazole rings is 1. The van der Waals surface area contributed by atoms with Crippen molar-refractivity contribution in [3.05, 3.63) is 21.9 Å². The number of hydrogen-bond acceptors (Lipinski definition) is 6. The second kappa shape index (κ2) is 4.57. The van der Waals surface area contributed by atoms with Crippen LogP contribution in [0.15, 0.2) is 14.7 Å². The van der Waals surface area contributed by atoms with Crippen LogP contribution >= 0.6 is 35.0 Å². The van der Waals surface area contributed by atoms with E-state index in [0.29, 0.717) is 10.2 Å². The molecule has 0 aliphatic heterocycles. The third-order valence-electron chi connectivity index (χ3n) is 1.78. The van der Waals surface area contributed by atoms with Crippen molar-refractivity contribution in [1.82, 2.24) is 20.2 Å². The molecule has 0 amide bonds. The van der Waals surface area contributed by atoms with Crippen LogP contribution in [-0.2, 0) is 0 Å². The van der Waals surface area contributed by atoms with Crippen LogP contribution in [0, 0.1) is 13.8 Å². The van der Waals surface area contributed by atoms with E-state index >= 15 is 0 Å². The van der Waals surface area contributed by atoms with Gasteiger partial charge in [-0.25, -0.2) is 9.97 Å². The van der Waals surface area contributed by atoms with Gasteiger partial charge in [-0.2, -0.15) is 0 Å². The van der Waals surface area contributed by atoms with E-state index in [-0.39, 0.29) is 10.4 Å². The summed E-state index contributed by atoms with van der Waals surface area (Å²) in [6.45, 7) is 3.69. The highest BCUT2D eigenvalue weighted by Crippen LogP contribution is 2.30. The average molecular weight is 277 g/mol. The molecule has 0 aliphatic carbocycles. The fourth-order valence-electron chi connectivity index (χ4n) is 0.915. The van der Waals surface area contributed by atoms with Crippen LogP contribution in [0.3, 0.4) is 0 Å². The summed E-state index contributed by atoms with van der Waals surface area (Å²) in [4.78, 5) is 8.11. The lowest BCUT2D eigenvalue weighted by Gasteiger charge is -1.97. The molecule has 0 saturated carbocycles. The summed E-state index contributed by atoms with van der Waals surface area (Å²) in [5.41, 5.74) is 0.826. The molecule has 0 fully saturated rings. The predicted molar refractivity (Wildman–Crippen MR) is 59.9 cm³/mol. The molecule has 0 spiro atoms. The topological polar surface area (TPSA) is 64.7 Å². The van der Waals surface area contributed by atoms with Crippen molar-refractivity contribution >= 4 is 35.0 Å². The van der Waals surface area contributed by atoms with Gasteiger partial charge in [-0.15, -0.1) is 10.2 Å². The van der Waals surface area contributed by atoms with Crippen LogP contribution in [0.25, 0.3) is 0 Å². The molecule has 2 rings (SSSR count). The van der Waals surface area contributed by atoms with E-state index < -0.39 is 0 Å². The molecular formula is C8H6Cl2N4OS. The molecule has 5 nitrogen and oxygen atoms in total. The van der Waals surface area contributed by atoms with E-state index in [4.69, 9.17) is 27.6 Å². The Morgan fingerprint density at radius 3 is 2.50 bits per heavy atom. The Balaban J connectivity index is 2.29. The molecule has 16 heavy (non-hydrogen) atoms. The van der Waals surface area contributed by atoms with Crippen LogP contribution in [0.2, 0.25) is 10.4 Å². The van der Waals surface area contributed by atoms with Gasteiger partial charge in [0.1, 0.15) is 10.8 Å². The zero-order valence-electron chi connectivity index (χ0n) is 8.36. The number of nitrogens with zero attached hydrogens (tertiary/aromatic N) is 4.